The van der Waals surface area contributed by atoms with Crippen molar-refractivity contribution < 1.29 is 24.2 Å². The highest BCUT2D eigenvalue weighted by Crippen LogP contribution is 2.40. The van der Waals surface area contributed by atoms with Crippen LogP contribution in [0.4, 0.5) is 4.79 Å². The lowest BCUT2D eigenvalue weighted by molar-refractivity contribution is -0.147. The Morgan fingerprint density at radius 1 is 1.08 bits per heavy atom. The van der Waals surface area contributed by atoms with E-state index < -0.39 is 40.5 Å². The first-order chi connectivity index (χ1) is 18.2. The molecule has 1 fully saturated rings. The molecule has 9 heteroatoms. The van der Waals surface area contributed by atoms with Crippen molar-refractivity contribution in [2.75, 3.05) is 5.88 Å². The van der Waals surface area contributed by atoms with E-state index in [0.29, 0.717) is 6.54 Å². The standard InChI is InChI=1S/C30H41N3O5S/c1-19-12-11-13-20(2)22(19)17-31-26(35)25-30(6,7)39-18-33(25)27(36)24(34)23(16-21-14-9-8-10-15-21)32-28(37)38-29(3,4)5/h8-15,23-25,34H,16-18H2,1-7H3,(H,31,35)(H,32,37)/t23-,24-,25+/m0/s1. The Bertz CT molecular complexity index is 1160. The number of nitrogens with one attached hydrogen (secondary N) is 2. The fraction of sp³-hybridized carbons (Fsp3) is 0.500. The van der Waals surface area contributed by atoms with Gasteiger partial charge in [0.05, 0.1) is 11.9 Å². The predicted molar refractivity (Wildman–Crippen MR) is 154 cm³/mol. The molecule has 2 aromatic carbocycles. The van der Waals surface area contributed by atoms with Gasteiger partial charge in [0.25, 0.3) is 5.91 Å². The predicted octanol–water partition coefficient (Wildman–Crippen LogP) is 4.10. The number of amides is 3. The largest absolute Gasteiger partial charge is 0.444 e. The SMILES string of the molecule is Cc1cccc(C)c1CNC(=O)[C@H]1N(C(=O)[C@@H](O)[C@H](Cc2ccccc2)NC(=O)OC(C)(C)C)CSC1(C)C. The quantitative estimate of drug-likeness (QED) is 0.453. The molecule has 2 aromatic rings. The molecule has 1 aliphatic rings. The second-order valence-electron chi connectivity index (χ2n) is 11.6. The zero-order valence-corrected chi connectivity index (χ0v) is 24.7. The van der Waals surface area contributed by atoms with Gasteiger partial charge in [-0.2, -0.15) is 0 Å². The highest BCUT2D eigenvalue weighted by molar-refractivity contribution is 8.00. The van der Waals surface area contributed by atoms with Crippen LogP contribution in [0.3, 0.4) is 0 Å². The van der Waals surface area contributed by atoms with Crippen LogP contribution in [0.1, 0.15) is 56.9 Å². The number of aliphatic hydroxyl groups is 1. The van der Waals surface area contributed by atoms with Crippen LogP contribution in [0, 0.1) is 13.8 Å². The molecule has 3 N–H and O–H groups in total. The van der Waals surface area contributed by atoms with E-state index in [1.54, 1.807) is 20.8 Å². The van der Waals surface area contributed by atoms with Gasteiger partial charge < -0.3 is 25.4 Å². The van der Waals surface area contributed by atoms with Crippen LogP contribution in [-0.4, -0.2) is 62.3 Å². The van der Waals surface area contributed by atoms with Gasteiger partial charge in [-0.05, 0) is 77.1 Å². The molecule has 0 aromatic heterocycles. The number of thioether (sulfide) groups is 1. The van der Waals surface area contributed by atoms with Crippen LogP contribution in [0.2, 0.25) is 0 Å². The number of carbonyl (C=O) groups is 3. The number of hydrogen-bond acceptors (Lipinski definition) is 6. The lowest BCUT2D eigenvalue weighted by Gasteiger charge is -2.33. The Labute approximate surface area is 235 Å². The Balaban J connectivity index is 1.80. The average molecular weight is 556 g/mol. The number of ether oxygens (including phenoxy) is 1. The first kappa shape index (κ1) is 30.5. The fourth-order valence-corrected chi connectivity index (χ4v) is 5.86. The Hall–Kier alpha value is -3.04. The first-order valence-corrected chi connectivity index (χ1v) is 14.2. The molecule has 0 radical (unpaired) electrons. The van der Waals surface area contributed by atoms with Gasteiger partial charge in [0.2, 0.25) is 5.91 Å². The monoisotopic (exact) mass is 555 g/mol. The molecule has 1 saturated heterocycles. The zero-order valence-electron chi connectivity index (χ0n) is 23.9. The van der Waals surface area contributed by atoms with E-state index in [0.717, 1.165) is 22.3 Å². The molecule has 1 heterocycles. The van der Waals surface area contributed by atoms with Gasteiger partial charge in [-0.15, -0.1) is 11.8 Å². The maximum absolute atomic E-state index is 13.7. The number of nitrogens with zero attached hydrogens (tertiary/aromatic N) is 1. The van der Waals surface area contributed by atoms with Gasteiger partial charge in [0.1, 0.15) is 11.6 Å². The molecule has 0 saturated carbocycles. The minimum atomic E-state index is -1.58. The van der Waals surface area contributed by atoms with Gasteiger partial charge in [0.15, 0.2) is 6.10 Å². The van der Waals surface area contributed by atoms with Gasteiger partial charge >= 0.3 is 6.09 Å². The summed E-state index contributed by atoms with van der Waals surface area (Å²) in [5.74, 6) is -0.653. The second kappa shape index (κ2) is 12.4. The van der Waals surface area contributed by atoms with E-state index in [1.165, 1.54) is 16.7 Å². The summed E-state index contributed by atoms with van der Waals surface area (Å²) in [5.41, 5.74) is 3.29. The highest BCUT2D eigenvalue weighted by atomic mass is 32.2. The van der Waals surface area contributed by atoms with Crippen molar-refractivity contribution in [3.63, 3.8) is 0 Å². The number of aliphatic hydroxyl groups excluding tert-OH is 1. The van der Waals surface area contributed by atoms with E-state index in [4.69, 9.17) is 4.74 Å². The second-order valence-corrected chi connectivity index (χ2v) is 13.2. The van der Waals surface area contributed by atoms with Crippen molar-refractivity contribution in [1.82, 2.24) is 15.5 Å². The highest BCUT2D eigenvalue weighted by Gasteiger charge is 2.49. The lowest BCUT2D eigenvalue weighted by Crippen LogP contribution is -2.58. The van der Waals surface area contributed by atoms with Gasteiger partial charge in [-0.3, -0.25) is 9.59 Å². The molecule has 1 aliphatic heterocycles. The summed E-state index contributed by atoms with van der Waals surface area (Å²) in [6, 6.07) is 13.5. The number of carbonyl (C=O) groups excluding carboxylic acids is 3. The number of rotatable bonds is 8. The van der Waals surface area contributed by atoms with E-state index >= 15 is 0 Å². The van der Waals surface area contributed by atoms with Crippen LogP contribution in [0.5, 0.6) is 0 Å². The van der Waals surface area contributed by atoms with Crippen LogP contribution in [0.15, 0.2) is 48.5 Å². The molecule has 3 rings (SSSR count). The number of benzene rings is 2. The third-order valence-electron chi connectivity index (χ3n) is 6.80. The Morgan fingerprint density at radius 2 is 1.69 bits per heavy atom. The van der Waals surface area contributed by atoms with E-state index in [9.17, 15) is 19.5 Å². The molecular weight excluding hydrogens is 514 g/mol. The van der Waals surface area contributed by atoms with Crippen molar-refractivity contribution in [2.24, 2.45) is 0 Å². The number of hydrogen-bond donors (Lipinski definition) is 3. The summed E-state index contributed by atoms with van der Waals surface area (Å²) in [5, 5.41) is 17.0. The summed E-state index contributed by atoms with van der Waals surface area (Å²) in [6.07, 6.45) is -2.10. The van der Waals surface area contributed by atoms with Crippen LogP contribution < -0.4 is 10.6 Å². The van der Waals surface area contributed by atoms with Crippen molar-refractivity contribution >= 4 is 29.7 Å². The molecule has 3 atom stereocenters. The summed E-state index contributed by atoms with van der Waals surface area (Å²) in [6.45, 7) is 13.4. The van der Waals surface area contributed by atoms with E-state index in [1.807, 2.05) is 76.2 Å². The summed E-state index contributed by atoms with van der Waals surface area (Å²) in [4.78, 5) is 41.3. The summed E-state index contributed by atoms with van der Waals surface area (Å²) in [7, 11) is 0. The topological polar surface area (TPSA) is 108 Å². The minimum absolute atomic E-state index is 0.209. The fourth-order valence-electron chi connectivity index (χ4n) is 4.72. The van der Waals surface area contributed by atoms with E-state index in [2.05, 4.69) is 10.6 Å². The minimum Gasteiger partial charge on any atom is -0.444 e. The smallest absolute Gasteiger partial charge is 0.407 e. The molecular formula is C30H41N3O5S. The Kier molecular flexibility index (Phi) is 9.72. The molecule has 3 amide bonds. The van der Waals surface area contributed by atoms with Crippen molar-refractivity contribution in [1.29, 1.82) is 0 Å². The molecule has 0 unspecified atom stereocenters. The lowest BCUT2D eigenvalue weighted by atomic mass is 9.97. The summed E-state index contributed by atoms with van der Waals surface area (Å²) < 4.78 is 4.82. The van der Waals surface area contributed by atoms with Gasteiger partial charge in [-0.25, -0.2) is 4.79 Å². The van der Waals surface area contributed by atoms with Crippen molar-refractivity contribution in [3.05, 3.63) is 70.8 Å². The third-order valence-corrected chi connectivity index (χ3v) is 8.17. The van der Waals surface area contributed by atoms with Crippen LogP contribution in [-0.2, 0) is 27.3 Å². The van der Waals surface area contributed by atoms with Crippen molar-refractivity contribution in [3.8, 4) is 0 Å². The first-order valence-electron chi connectivity index (χ1n) is 13.2. The maximum atomic E-state index is 13.7. The summed E-state index contributed by atoms with van der Waals surface area (Å²) >= 11 is 1.48. The molecule has 39 heavy (non-hydrogen) atoms. The molecule has 212 valence electrons. The Morgan fingerprint density at radius 3 is 2.28 bits per heavy atom. The van der Waals surface area contributed by atoms with Crippen LogP contribution in [0.25, 0.3) is 0 Å². The third kappa shape index (κ3) is 7.99. The molecule has 0 bridgehead atoms. The van der Waals surface area contributed by atoms with Gasteiger partial charge in [-0.1, -0.05) is 48.5 Å². The van der Waals surface area contributed by atoms with Crippen LogP contribution >= 0.6 is 11.8 Å². The molecule has 0 spiro atoms. The van der Waals surface area contributed by atoms with Gasteiger partial charge in [0, 0.05) is 11.3 Å². The van der Waals surface area contributed by atoms with E-state index in [-0.39, 0.29) is 18.2 Å². The molecule has 8 nitrogen and oxygen atoms in total. The number of aryl methyl sites for hydroxylation is 2. The molecule has 0 aliphatic carbocycles. The number of alkyl carbamates (subject to hydrolysis) is 1. The maximum Gasteiger partial charge on any atom is 0.407 e. The van der Waals surface area contributed by atoms with Crippen molar-refractivity contribution in [2.45, 2.75) is 90.0 Å². The normalized spacial score (nSPS) is 18.3. The average Bonchev–Trinajstić information content (AvgIpc) is 3.16. The zero-order chi connectivity index (χ0) is 29.0.